The van der Waals surface area contributed by atoms with Gasteiger partial charge in [0.15, 0.2) is 0 Å². The highest BCUT2D eigenvalue weighted by Gasteiger charge is 2.22. The zero-order valence-electron chi connectivity index (χ0n) is 13.3. The number of carbonyl (C=O) groups excluding carboxylic acids is 1. The van der Waals surface area contributed by atoms with Crippen LogP contribution in [0.5, 0.6) is 0 Å². The van der Waals surface area contributed by atoms with Crippen LogP contribution in [0.1, 0.15) is 30.9 Å². The Labute approximate surface area is 127 Å². The van der Waals surface area contributed by atoms with Gasteiger partial charge in [0.1, 0.15) is 0 Å². The zero-order valence-corrected chi connectivity index (χ0v) is 13.3. The molecule has 2 amide bonds. The molecular weight excluding hydrogens is 264 g/mol. The summed E-state index contributed by atoms with van der Waals surface area (Å²) in [6, 6.07) is 6.12. The van der Waals surface area contributed by atoms with Crippen molar-refractivity contribution in [1.29, 1.82) is 0 Å². The van der Waals surface area contributed by atoms with Crippen LogP contribution in [0, 0.1) is 19.8 Å². The number of urea groups is 1. The molecular formula is C17H26N2O2. The van der Waals surface area contributed by atoms with Gasteiger partial charge in [0, 0.05) is 31.3 Å². The summed E-state index contributed by atoms with van der Waals surface area (Å²) in [6.45, 7) is 9.35. The molecule has 0 radical (unpaired) electrons. The van der Waals surface area contributed by atoms with E-state index in [-0.39, 0.29) is 6.03 Å². The summed E-state index contributed by atoms with van der Waals surface area (Å²) < 4.78 is 5.41. The molecule has 1 aromatic rings. The summed E-state index contributed by atoms with van der Waals surface area (Å²) in [5.74, 6) is 0.474. The quantitative estimate of drug-likeness (QED) is 0.900. The van der Waals surface area contributed by atoms with Gasteiger partial charge >= 0.3 is 6.03 Å². The summed E-state index contributed by atoms with van der Waals surface area (Å²) in [6.07, 6.45) is 2.02. The van der Waals surface area contributed by atoms with E-state index in [4.69, 9.17) is 4.74 Å². The highest BCUT2D eigenvalue weighted by atomic mass is 16.5. The van der Waals surface area contributed by atoms with Crippen LogP contribution in [0.15, 0.2) is 18.2 Å². The van der Waals surface area contributed by atoms with E-state index in [1.807, 2.05) is 30.9 Å². The van der Waals surface area contributed by atoms with Crippen LogP contribution in [-0.2, 0) is 4.74 Å². The SMILES string of the molecule is CCCN(CC1CCOC1)C(=O)Nc1cc(C)cc(C)c1. The summed E-state index contributed by atoms with van der Waals surface area (Å²) >= 11 is 0. The molecule has 21 heavy (non-hydrogen) atoms. The topological polar surface area (TPSA) is 41.6 Å². The Hall–Kier alpha value is -1.55. The van der Waals surface area contributed by atoms with Crippen LogP contribution in [0.2, 0.25) is 0 Å². The van der Waals surface area contributed by atoms with Gasteiger partial charge in [-0.3, -0.25) is 0 Å². The van der Waals surface area contributed by atoms with Gasteiger partial charge in [-0.1, -0.05) is 13.0 Å². The second-order valence-corrected chi connectivity index (χ2v) is 5.98. The number of ether oxygens (including phenoxy) is 1. The van der Waals surface area contributed by atoms with Crippen LogP contribution in [-0.4, -0.2) is 37.2 Å². The van der Waals surface area contributed by atoms with Gasteiger partial charge < -0.3 is 15.0 Å². The van der Waals surface area contributed by atoms with Crippen molar-refractivity contribution in [2.45, 2.75) is 33.6 Å². The van der Waals surface area contributed by atoms with Crippen molar-refractivity contribution < 1.29 is 9.53 Å². The Kier molecular flexibility index (Phi) is 5.62. The molecule has 1 unspecified atom stereocenters. The van der Waals surface area contributed by atoms with Crippen LogP contribution >= 0.6 is 0 Å². The lowest BCUT2D eigenvalue weighted by Gasteiger charge is -2.25. The monoisotopic (exact) mass is 290 g/mol. The van der Waals surface area contributed by atoms with Crippen molar-refractivity contribution in [3.05, 3.63) is 29.3 Å². The second-order valence-electron chi connectivity index (χ2n) is 5.98. The Morgan fingerprint density at radius 2 is 2.05 bits per heavy atom. The number of anilines is 1. The number of aryl methyl sites for hydroxylation is 2. The van der Waals surface area contributed by atoms with E-state index in [9.17, 15) is 4.79 Å². The minimum atomic E-state index is -0.00579. The summed E-state index contributed by atoms with van der Waals surface area (Å²) in [5.41, 5.74) is 3.20. The van der Waals surface area contributed by atoms with Crippen LogP contribution < -0.4 is 5.32 Å². The minimum Gasteiger partial charge on any atom is -0.381 e. The van der Waals surface area contributed by atoms with Crippen molar-refractivity contribution >= 4 is 11.7 Å². The molecule has 1 heterocycles. The van der Waals surface area contributed by atoms with E-state index >= 15 is 0 Å². The fraction of sp³-hybridized carbons (Fsp3) is 0.588. The average molecular weight is 290 g/mol. The van der Waals surface area contributed by atoms with Crippen LogP contribution in [0.4, 0.5) is 10.5 Å². The molecule has 0 bridgehead atoms. The molecule has 0 spiro atoms. The number of rotatable bonds is 5. The maximum absolute atomic E-state index is 12.5. The molecule has 1 aliphatic rings. The van der Waals surface area contributed by atoms with Crippen molar-refractivity contribution in [3.8, 4) is 0 Å². The molecule has 2 rings (SSSR count). The Bertz CT molecular complexity index is 461. The van der Waals surface area contributed by atoms with Crippen molar-refractivity contribution in [2.24, 2.45) is 5.92 Å². The third-order valence-corrected chi connectivity index (χ3v) is 3.76. The number of nitrogens with zero attached hydrogens (tertiary/aromatic N) is 1. The predicted octanol–water partition coefficient (Wildman–Crippen LogP) is 3.58. The first-order valence-corrected chi connectivity index (χ1v) is 7.80. The molecule has 0 saturated carbocycles. The van der Waals surface area contributed by atoms with Gasteiger partial charge in [-0.2, -0.15) is 0 Å². The maximum Gasteiger partial charge on any atom is 0.321 e. The lowest BCUT2D eigenvalue weighted by molar-refractivity contribution is 0.169. The summed E-state index contributed by atoms with van der Waals surface area (Å²) in [4.78, 5) is 14.4. The Morgan fingerprint density at radius 3 is 2.62 bits per heavy atom. The normalized spacial score (nSPS) is 17.8. The summed E-state index contributed by atoms with van der Waals surface area (Å²) in [7, 11) is 0. The number of hydrogen-bond acceptors (Lipinski definition) is 2. The molecule has 1 aliphatic heterocycles. The molecule has 1 saturated heterocycles. The third kappa shape index (κ3) is 4.74. The smallest absolute Gasteiger partial charge is 0.321 e. The molecule has 1 aromatic carbocycles. The van der Waals surface area contributed by atoms with Gasteiger partial charge in [-0.25, -0.2) is 4.79 Å². The predicted molar refractivity (Wildman–Crippen MR) is 85.7 cm³/mol. The molecule has 4 heteroatoms. The first kappa shape index (κ1) is 15.8. The largest absolute Gasteiger partial charge is 0.381 e. The number of carbonyl (C=O) groups is 1. The molecule has 4 nitrogen and oxygen atoms in total. The van der Waals surface area contributed by atoms with E-state index in [0.29, 0.717) is 5.92 Å². The first-order valence-electron chi connectivity index (χ1n) is 7.80. The Morgan fingerprint density at radius 1 is 1.33 bits per heavy atom. The van der Waals surface area contributed by atoms with Gasteiger partial charge in [-0.15, -0.1) is 0 Å². The number of amides is 2. The lowest BCUT2D eigenvalue weighted by atomic mass is 10.1. The molecule has 1 N–H and O–H groups in total. The fourth-order valence-corrected chi connectivity index (χ4v) is 2.83. The zero-order chi connectivity index (χ0) is 15.2. The Balaban J connectivity index is 1.99. The highest BCUT2D eigenvalue weighted by molar-refractivity contribution is 5.89. The van der Waals surface area contributed by atoms with Crippen molar-refractivity contribution in [2.75, 3.05) is 31.6 Å². The minimum absolute atomic E-state index is 0.00579. The molecule has 116 valence electrons. The molecule has 1 atom stereocenters. The molecule has 0 aliphatic carbocycles. The summed E-state index contributed by atoms with van der Waals surface area (Å²) in [5, 5.41) is 3.03. The molecule has 0 aromatic heterocycles. The number of hydrogen-bond donors (Lipinski definition) is 1. The second kappa shape index (κ2) is 7.46. The maximum atomic E-state index is 12.5. The molecule has 1 fully saturated rings. The van der Waals surface area contributed by atoms with Gasteiger partial charge in [-0.05, 0) is 49.9 Å². The first-order chi connectivity index (χ1) is 10.1. The highest BCUT2D eigenvalue weighted by Crippen LogP contribution is 2.17. The van der Waals surface area contributed by atoms with E-state index < -0.39 is 0 Å². The van der Waals surface area contributed by atoms with Crippen molar-refractivity contribution in [3.63, 3.8) is 0 Å². The fourth-order valence-electron chi connectivity index (χ4n) is 2.83. The van der Waals surface area contributed by atoms with E-state index in [1.54, 1.807) is 0 Å². The van der Waals surface area contributed by atoms with E-state index in [0.717, 1.165) is 56.0 Å². The third-order valence-electron chi connectivity index (χ3n) is 3.76. The number of nitrogens with one attached hydrogen (secondary N) is 1. The van der Waals surface area contributed by atoms with Gasteiger partial charge in [0.2, 0.25) is 0 Å². The van der Waals surface area contributed by atoms with Gasteiger partial charge in [0.25, 0.3) is 0 Å². The van der Waals surface area contributed by atoms with E-state index in [2.05, 4.69) is 18.3 Å². The van der Waals surface area contributed by atoms with Gasteiger partial charge in [0.05, 0.1) is 6.61 Å². The van der Waals surface area contributed by atoms with E-state index in [1.165, 1.54) is 0 Å². The standard InChI is InChI=1S/C17H26N2O2/c1-4-6-19(11-15-5-7-21-12-15)17(20)18-16-9-13(2)8-14(3)10-16/h8-10,15H,4-7,11-12H2,1-3H3,(H,18,20). The lowest BCUT2D eigenvalue weighted by Crippen LogP contribution is -2.39. The average Bonchev–Trinajstić information content (AvgIpc) is 2.89. The number of benzene rings is 1. The van der Waals surface area contributed by atoms with Crippen LogP contribution in [0.3, 0.4) is 0 Å². The van der Waals surface area contributed by atoms with Crippen molar-refractivity contribution in [1.82, 2.24) is 4.90 Å². The van der Waals surface area contributed by atoms with Crippen LogP contribution in [0.25, 0.3) is 0 Å².